The van der Waals surface area contributed by atoms with Gasteiger partial charge in [0.05, 0.1) is 5.69 Å². The second kappa shape index (κ2) is 13.1. The van der Waals surface area contributed by atoms with E-state index in [0.717, 1.165) is 57.7 Å². The van der Waals surface area contributed by atoms with E-state index in [1.165, 1.54) is 20.4 Å². The molecule has 1 saturated carbocycles. The Hall–Kier alpha value is -3.41. The van der Waals surface area contributed by atoms with Crippen molar-refractivity contribution in [2.75, 3.05) is 20.1 Å². The molecule has 1 fully saturated rings. The van der Waals surface area contributed by atoms with E-state index in [2.05, 4.69) is 4.72 Å². The molecular weight excluding hydrogens is 544 g/mol. The summed E-state index contributed by atoms with van der Waals surface area (Å²) in [6.45, 7) is 2.22. The molecule has 0 radical (unpaired) electrons. The number of carboxylic acids is 1. The molecule has 11 heteroatoms. The molecule has 1 unspecified atom stereocenters. The van der Waals surface area contributed by atoms with Gasteiger partial charge in [-0.05, 0) is 74.9 Å². The molecule has 2 aromatic carbocycles. The first kappa shape index (κ1) is 30.5. The number of amides is 1. The maximum absolute atomic E-state index is 13.1. The number of nitrogens with two attached hydrogens (primary N) is 1. The second-order valence-corrected chi connectivity index (χ2v) is 12.5. The van der Waals surface area contributed by atoms with E-state index in [9.17, 15) is 23.1 Å². The molecule has 1 heterocycles. The number of unbranched alkanes of at least 4 members (excludes halogenated alkanes) is 1. The molecule has 0 saturated heterocycles. The van der Waals surface area contributed by atoms with E-state index in [1.54, 1.807) is 18.2 Å². The molecule has 0 spiro atoms. The van der Waals surface area contributed by atoms with Gasteiger partial charge >= 0.3 is 16.2 Å². The number of aryl methyl sites for hydroxylation is 1. The molecule has 1 amide bonds. The summed E-state index contributed by atoms with van der Waals surface area (Å²) in [6, 6.07) is 12.7. The third-order valence-corrected chi connectivity index (χ3v) is 9.31. The summed E-state index contributed by atoms with van der Waals surface area (Å²) in [7, 11) is -0.679. The predicted molar refractivity (Wildman–Crippen MR) is 159 cm³/mol. The molecule has 222 valence electrons. The number of carbonyl (C=O) groups is 2. The highest BCUT2D eigenvalue weighted by Crippen LogP contribution is 2.46. The minimum Gasteiger partial charge on any atom is -0.479 e. The molecule has 41 heavy (non-hydrogen) atoms. The Labute approximate surface area is 241 Å². The highest BCUT2D eigenvalue weighted by atomic mass is 32.2. The summed E-state index contributed by atoms with van der Waals surface area (Å²) < 4.78 is 36.7. The van der Waals surface area contributed by atoms with Gasteiger partial charge in [-0.3, -0.25) is 4.79 Å². The number of aromatic nitrogens is 1. The Balaban J connectivity index is 1.77. The topological polar surface area (TPSA) is 144 Å². The van der Waals surface area contributed by atoms with E-state index in [-0.39, 0.29) is 18.0 Å². The number of nitrogens with one attached hydrogen (secondary N) is 1. The fraction of sp³-hybridized carbons (Fsp3) is 0.467. The fourth-order valence-electron chi connectivity index (χ4n) is 5.60. The van der Waals surface area contributed by atoms with Gasteiger partial charge in [0.1, 0.15) is 5.75 Å². The largest absolute Gasteiger partial charge is 0.479 e. The number of ether oxygens (including phenoxy) is 1. The van der Waals surface area contributed by atoms with Crippen LogP contribution < -0.4 is 15.2 Å². The van der Waals surface area contributed by atoms with Gasteiger partial charge in [-0.1, -0.05) is 37.5 Å². The Bertz CT molecular complexity index is 1510. The molecule has 1 aliphatic rings. The van der Waals surface area contributed by atoms with Crippen LogP contribution in [-0.4, -0.2) is 60.5 Å². The van der Waals surface area contributed by atoms with Crippen molar-refractivity contribution in [2.24, 2.45) is 12.8 Å². The molecule has 10 nitrogen and oxygen atoms in total. The molecule has 3 aromatic rings. The van der Waals surface area contributed by atoms with Crippen LogP contribution in [0.1, 0.15) is 73.7 Å². The number of hydrogen-bond acceptors (Lipinski definition) is 6. The first-order valence-corrected chi connectivity index (χ1v) is 15.6. The van der Waals surface area contributed by atoms with Gasteiger partial charge < -0.3 is 20.1 Å². The van der Waals surface area contributed by atoms with Crippen LogP contribution in [0.4, 0.5) is 0 Å². The maximum Gasteiger partial charge on any atom is 0.344 e. The number of para-hydroxylation sites is 1. The fourth-order valence-corrected chi connectivity index (χ4v) is 6.47. The molecule has 1 atom stereocenters. The molecule has 1 aromatic heterocycles. The Morgan fingerprint density at radius 1 is 1.15 bits per heavy atom. The first-order chi connectivity index (χ1) is 19.5. The van der Waals surface area contributed by atoms with Gasteiger partial charge in [-0.2, -0.15) is 12.7 Å². The SMILES string of the molecule is CC(Oc1ccccc1-c1c(C2CCCCC2)c2ccc(C(=O)NS(=O)(=O)N(C)CCCCN)cc2n1C)C(=O)O. The standard InChI is InChI=1S/C30H40N4O6S/c1-20(30(36)37)40-26-14-8-7-13-24(26)28-27(21-11-5-4-6-12-21)23-16-15-22(19-25(23)34(28)3)29(35)32-41(38,39)33(2)18-10-9-17-31/h7-8,13-16,19-21H,4-6,9-12,17-18,31H2,1-3H3,(H,32,35)(H,36,37). The quantitative estimate of drug-likeness (QED) is 0.268. The lowest BCUT2D eigenvalue weighted by Crippen LogP contribution is -2.41. The number of benzene rings is 2. The average Bonchev–Trinajstić information content (AvgIpc) is 3.24. The van der Waals surface area contributed by atoms with Crippen molar-refractivity contribution in [1.82, 2.24) is 13.6 Å². The van der Waals surface area contributed by atoms with Gasteiger partial charge in [0, 0.05) is 42.7 Å². The molecular formula is C30H40N4O6S. The van der Waals surface area contributed by atoms with Gasteiger partial charge in [-0.25, -0.2) is 9.52 Å². The van der Waals surface area contributed by atoms with E-state index in [4.69, 9.17) is 10.5 Å². The van der Waals surface area contributed by atoms with Crippen molar-refractivity contribution in [2.45, 2.75) is 63.9 Å². The molecule has 4 N–H and O–H groups in total. The van der Waals surface area contributed by atoms with Gasteiger partial charge in [0.15, 0.2) is 6.10 Å². The predicted octanol–water partition coefficient (Wildman–Crippen LogP) is 4.39. The van der Waals surface area contributed by atoms with Crippen LogP contribution in [-0.2, 0) is 22.1 Å². The Morgan fingerprint density at radius 3 is 2.54 bits per heavy atom. The van der Waals surface area contributed by atoms with Crippen LogP contribution in [0.3, 0.4) is 0 Å². The lowest BCUT2D eigenvalue weighted by Gasteiger charge is -2.24. The third-order valence-electron chi connectivity index (χ3n) is 7.87. The lowest BCUT2D eigenvalue weighted by molar-refractivity contribution is -0.144. The van der Waals surface area contributed by atoms with E-state index in [0.29, 0.717) is 25.1 Å². The number of carbonyl (C=O) groups excluding carboxylic acids is 1. The summed E-state index contributed by atoms with van der Waals surface area (Å²) in [5.74, 6) is -1.01. The maximum atomic E-state index is 13.1. The molecule has 1 aliphatic carbocycles. The minimum atomic E-state index is -4.02. The van der Waals surface area contributed by atoms with E-state index < -0.39 is 28.2 Å². The van der Waals surface area contributed by atoms with Crippen molar-refractivity contribution in [3.8, 4) is 17.0 Å². The third kappa shape index (κ3) is 6.74. The highest BCUT2D eigenvalue weighted by molar-refractivity contribution is 7.87. The molecule has 0 bridgehead atoms. The van der Waals surface area contributed by atoms with Crippen LogP contribution in [0, 0.1) is 0 Å². The normalized spacial score (nSPS) is 15.2. The summed E-state index contributed by atoms with van der Waals surface area (Å²) >= 11 is 0. The second-order valence-electron chi connectivity index (χ2n) is 10.7. The average molecular weight is 585 g/mol. The minimum absolute atomic E-state index is 0.225. The number of nitrogens with zero attached hydrogens (tertiary/aromatic N) is 2. The molecule has 0 aliphatic heterocycles. The van der Waals surface area contributed by atoms with Crippen molar-refractivity contribution < 1.29 is 27.9 Å². The van der Waals surface area contributed by atoms with Crippen LogP contribution in [0.5, 0.6) is 5.75 Å². The van der Waals surface area contributed by atoms with Gasteiger partial charge in [0.2, 0.25) is 0 Å². The van der Waals surface area contributed by atoms with Gasteiger partial charge in [0.25, 0.3) is 5.91 Å². The van der Waals surface area contributed by atoms with E-state index in [1.807, 2.05) is 35.9 Å². The van der Waals surface area contributed by atoms with Crippen molar-refractivity contribution >= 4 is 33.0 Å². The van der Waals surface area contributed by atoms with E-state index >= 15 is 0 Å². The van der Waals surface area contributed by atoms with Crippen LogP contribution in [0.2, 0.25) is 0 Å². The zero-order valence-electron chi connectivity index (χ0n) is 23.9. The number of carboxylic acid groups (broad SMARTS) is 1. The number of aliphatic carboxylic acids is 1. The summed E-state index contributed by atoms with van der Waals surface area (Å²) in [6.07, 6.45) is 5.72. The number of hydrogen-bond donors (Lipinski definition) is 3. The monoisotopic (exact) mass is 584 g/mol. The van der Waals surface area contributed by atoms with Crippen LogP contribution >= 0.6 is 0 Å². The lowest BCUT2D eigenvalue weighted by atomic mass is 9.81. The smallest absolute Gasteiger partial charge is 0.344 e. The van der Waals surface area contributed by atoms with Crippen LogP contribution in [0.25, 0.3) is 22.2 Å². The Kier molecular flexibility index (Phi) is 9.72. The number of rotatable bonds is 12. The zero-order valence-corrected chi connectivity index (χ0v) is 24.7. The first-order valence-electron chi connectivity index (χ1n) is 14.1. The molecule has 4 rings (SSSR count). The van der Waals surface area contributed by atoms with Crippen molar-refractivity contribution in [1.29, 1.82) is 0 Å². The summed E-state index contributed by atoms with van der Waals surface area (Å²) in [5, 5.41) is 10.4. The Morgan fingerprint density at radius 2 is 1.85 bits per heavy atom. The van der Waals surface area contributed by atoms with Crippen LogP contribution in [0.15, 0.2) is 42.5 Å². The summed E-state index contributed by atoms with van der Waals surface area (Å²) in [4.78, 5) is 24.7. The zero-order chi connectivity index (χ0) is 29.7. The highest BCUT2D eigenvalue weighted by Gasteiger charge is 2.29. The van der Waals surface area contributed by atoms with Crippen molar-refractivity contribution in [3.63, 3.8) is 0 Å². The summed E-state index contributed by atoms with van der Waals surface area (Å²) in [5.41, 5.74) is 9.33. The number of fused-ring (bicyclic) bond motifs is 1. The van der Waals surface area contributed by atoms with Gasteiger partial charge in [-0.15, -0.1) is 0 Å². The van der Waals surface area contributed by atoms with Crippen molar-refractivity contribution in [3.05, 3.63) is 53.6 Å².